The molecule has 0 radical (unpaired) electrons. The molecule has 0 spiro atoms. The van der Waals surface area contributed by atoms with E-state index >= 15 is 0 Å². The third-order valence-electron chi connectivity index (χ3n) is 3.61. The fourth-order valence-electron chi connectivity index (χ4n) is 2.33. The number of nitrogens with zero attached hydrogens (tertiary/aromatic N) is 2. The molecule has 2 aromatic carbocycles. The summed E-state index contributed by atoms with van der Waals surface area (Å²) in [7, 11) is -1.93. The number of aromatic nitrogens is 1. The Morgan fingerprint density at radius 3 is 2.54 bits per heavy atom. The summed E-state index contributed by atoms with van der Waals surface area (Å²) in [5, 5.41) is 0. The van der Waals surface area contributed by atoms with Gasteiger partial charge in [0.05, 0.1) is 21.7 Å². The second-order valence-corrected chi connectivity index (χ2v) is 8.00. The van der Waals surface area contributed by atoms with E-state index in [4.69, 9.17) is 4.74 Å². The summed E-state index contributed by atoms with van der Waals surface area (Å²) in [5.74, 6) is 0.764. The zero-order valence-electron chi connectivity index (χ0n) is 13.7. The monoisotopic (exact) mass is 362 g/mol. The highest BCUT2D eigenvalue weighted by atomic mass is 32.2. The van der Waals surface area contributed by atoms with Crippen molar-refractivity contribution in [2.75, 3.05) is 6.61 Å². The lowest BCUT2D eigenvalue weighted by molar-refractivity contribution is 0.341. The Morgan fingerprint density at radius 1 is 1.17 bits per heavy atom. The average molecular weight is 362 g/mol. The van der Waals surface area contributed by atoms with E-state index in [9.17, 15) is 8.42 Å². The van der Waals surface area contributed by atoms with Crippen LogP contribution in [-0.2, 0) is 17.1 Å². The van der Waals surface area contributed by atoms with Crippen molar-refractivity contribution < 1.29 is 13.2 Å². The molecule has 0 aliphatic rings. The number of ether oxygens (including phenoxy) is 1. The number of hydrogen-bond donors (Lipinski definition) is 0. The van der Waals surface area contributed by atoms with Crippen molar-refractivity contribution in [1.29, 1.82) is 0 Å². The van der Waals surface area contributed by atoms with Crippen LogP contribution in [0.2, 0.25) is 0 Å². The molecule has 0 N–H and O–H groups in total. The molecule has 0 unspecified atom stereocenters. The molecule has 0 atom stereocenters. The first-order valence-corrected chi connectivity index (χ1v) is 9.76. The summed E-state index contributed by atoms with van der Waals surface area (Å²) >= 11 is 1.33. The topological polar surface area (TPSA) is 60.7 Å². The maximum absolute atomic E-state index is 12.5. The summed E-state index contributed by atoms with van der Waals surface area (Å²) in [6, 6.07) is 12.4. The van der Waals surface area contributed by atoms with Crippen molar-refractivity contribution in [2.45, 2.75) is 18.7 Å². The van der Waals surface area contributed by atoms with Gasteiger partial charge in [0.15, 0.2) is 0 Å². The number of fused-ring (bicyclic) bond motifs is 1. The highest BCUT2D eigenvalue weighted by Gasteiger charge is 2.14. The smallest absolute Gasteiger partial charge is 0.285 e. The second kappa shape index (κ2) is 6.41. The zero-order chi connectivity index (χ0) is 17.3. The predicted molar refractivity (Wildman–Crippen MR) is 95.9 cm³/mol. The van der Waals surface area contributed by atoms with Crippen LogP contribution >= 0.6 is 11.3 Å². The van der Waals surface area contributed by atoms with E-state index in [1.54, 1.807) is 28.8 Å². The fraction of sp³-hybridized carbons (Fsp3) is 0.235. The van der Waals surface area contributed by atoms with Crippen LogP contribution in [0.25, 0.3) is 10.2 Å². The third-order valence-corrected chi connectivity index (χ3v) is 6.10. The molecule has 126 valence electrons. The van der Waals surface area contributed by atoms with Gasteiger partial charge in [-0.15, -0.1) is 4.40 Å². The molecule has 1 aromatic heterocycles. The normalized spacial score (nSPS) is 12.7. The van der Waals surface area contributed by atoms with Gasteiger partial charge in [0.1, 0.15) is 5.75 Å². The van der Waals surface area contributed by atoms with Crippen LogP contribution in [0.5, 0.6) is 5.75 Å². The van der Waals surface area contributed by atoms with Gasteiger partial charge in [-0.2, -0.15) is 8.42 Å². The molecule has 24 heavy (non-hydrogen) atoms. The zero-order valence-corrected chi connectivity index (χ0v) is 15.3. The third kappa shape index (κ3) is 3.22. The Kier molecular flexibility index (Phi) is 4.47. The van der Waals surface area contributed by atoms with Gasteiger partial charge in [-0.05, 0) is 44.2 Å². The van der Waals surface area contributed by atoms with Gasteiger partial charge in [-0.25, -0.2) is 0 Å². The predicted octanol–water partition coefficient (Wildman–Crippen LogP) is 3.24. The molecule has 0 amide bonds. The first kappa shape index (κ1) is 16.7. The number of rotatable bonds is 4. The van der Waals surface area contributed by atoms with Crippen LogP contribution in [0, 0.1) is 6.92 Å². The molecular weight excluding hydrogens is 344 g/mol. The van der Waals surface area contributed by atoms with Crippen LogP contribution in [0.15, 0.2) is 51.8 Å². The van der Waals surface area contributed by atoms with Gasteiger partial charge in [0, 0.05) is 7.05 Å². The quantitative estimate of drug-likeness (QED) is 0.716. The molecule has 0 bridgehead atoms. The maximum Gasteiger partial charge on any atom is 0.285 e. The fourth-order valence-corrected chi connectivity index (χ4v) is 4.60. The Labute approximate surface area is 144 Å². The minimum atomic E-state index is -3.74. The van der Waals surface area contributed by atoms with Crippen molar-refractivity contribution in [3.63, 3.8) is 0 Å². The summed E-state index contributed by atoms with van der Waals surface area (Å²) in [6.07, 6.45) is 0. The molecular formula is C17H18N2O3S2. The summed E-state index contributed by atoms with van der Waals surface area (Å²) in [4.78, 5) is 0.625. The largest absolute Gasteiger partial charge is 0.494 e. The van der Waals surface area contributed by atoms with Crippen molar-refractivity contribution in [3.05, 3.63) is 52.8 Å². The Hall–Kier alpha value is -2.12. The van der Waals surface area contributed by atoms with Gasteiger partial charge in [0.2, 0.25) is 4.80 Å². The number of aryl methyl sites for hydroxylation is 2. The molecule has 7 heteroatoms. The van der Waals surface area contributed by atoms with E-state index in [2.05, 4.69) is 4.40 Å². The summed E-state index contributed by atoms with van der Waals surface area (Å²) in [6.45, 7) is 4.42. The molecule has 0 saturated heterocycles. The molecule has 3 rings (SSSR count). The van der Waals surface area contributed by atoms with Crippen molar-refractivity contribution in [2.24, 2.45) is 11.4 Å². The number of hydrogen-bond acceptors (Lipinski definition) is 4. The van der Waals surface area contributed by atoms with E-state index < -0.39 is 10.0 Å². The standard InChI is InChI=1S/C17H18N2O3S2/c1-4-22-13-7-10-15-16(11-13)23-17(19(15)3)18-24(20,21)14-8-5-12(2)6-9-14/h5-11H,4H2,1-3H3/b18-17-. The van der Waals surface area contributed by atoms with E-state index in [-0.39, 0.29) is 4.90 Å². The number of benzene rings is 2. The lowest BCUT2D eigenvalue weighted by Gasteiger charge is -2.02. The van der Waals surface area contributed by atoms with E-state index in [0.717, 1.165) is 21.5 Å². The van der Waals surface area contributed by atoms with Crippen LogP contribution in [0.4, 0.5) is 0 Å². The van der Waals surface area contributed by atoms with E-state index in [1.165, 1.54) is 11.3 Å². The molecule has 1 heterocycles. The first-order valence-electron chi connectivity index (χ1n) is 7.51. The van der Waals surface area contributed by atoms with Gasteiger partial charge in [0.25, 0.3) is 10.0 Å². The first-order chi connectivity index (χ1) is 11.4. The van der Waals surface area contributed by atoms with Crippen LogP contribution in [-0.4, -0.2) is 19.6 Å². The van der Waals surface area contributed by atoms with Crippen molar-refractivity contribution in [1.82, 2.24) is 4.57 Å². The maximum atomic E-state index is 12.5. The summed E-state index contributed by atoms with van der Waals surface area (Å²) in [5.41, 5.74) is 1.92. The van der Waals surface area contributed by atoms with Crippen LogP contribution in [0.1, 0.15) is 12.5 Å². The SMILES string of the molecule is CCOc1ccc2c(c1)s/c(=N\S(=O)(=O)c1ccc(C)cc1)n2C. The van der Waals surface area contributed by atoms with Crippen LogP contribution < -0.4 is 9.54 Å². The van der Waals surface area contributed by atoms with E-state index in [0.29, 0.717) is 11.4 Å². The lowest BCUT2D eigenvalue weighted by atomic mass is 10.2. The Morgan fingerprint density at radius 2 is 1.88 bits per heavy atom. The number of sulfonamides is 1. The van der Waals surface area contributed by atoms with Gasteiger partial charge in [-0.3, -0.25) is 0 Å². The van der Waals surface area contributed by atoms with Crippen molar-refractivity contribution in [3.8, 4) is 5.75 Å². The highest BCUT2D eigenvalue weighted by molar-refractivity contribution is 7.90. The Balaban J connectivity index is 2.12. The van der Waals surface area contributed by atoms with Gasteiger partial charge in [-0.1, -0.05) is 29.0 Å². The van der Waals surface area contributed by atoms with Gasteiger partial charge >= 0.3 is 0 Å². The molecule has 5 nitrogen and oxygen atoms in total. The lowest BCUT2D eigenvalue weighted by Crippen LogP contribution is -2.13. The minimum Gasteiger partial charge on any atom is -0.494 e. The highest BCUT2D eigenvalue weighted by Crippen LogP contribution is 2.23. The second-order valence-electron chi connectivity index (χ2n) is 5.39. The van der Waals surface area contributed by atoms with Crippen LogP contribution in [0.3, 0.4) is 0 Å². The minimum absolute atomic E-state index is 0.195. The molecule has 0 aliphatic carbocycles. The molecule has 0 aliphatic heterocycles. The molecule has 0 saturated carbocycles. The Bertz CT molecular complexity index is 1050. The summed E-state index contributed by atoms with van der Waals surface area (Å²) < 4.78 is 37.2. The van der Waals surface area contributed by atoms with E-state index in [1.807, 2.05) is 39.1 Å². The number of thiazole rings is 1. The average Bonchev–Trinajstić information content (AvgIpc) is 2.83. The molecule has 3 aromatic rings. The molecule has 0 fully saturated rings. The van der Waals surface area contributed by atoms with Crippen molar-refractivity contribution >= 4 is 31.6 Å². The van der Waals surface area contributed by atoms with Gasteiger partial charge < -0.3 is 9.30 Å².